The quantitative estimate of drug-likeness (QED) is 0.861. The second-order valence-electron chi connectivity index (χ2n) is 3.49. The minimum atomic E-state index is -0.366. The van der Waals surface area contributed by atoms with Gasteiger partial charge in [-0.1, -0.05) is 0 Å². The molecule has 1 heterocycles. The molecule has 0 saturated carbocycles. The Morgan fingerprint density at radius 3 is 2.65 bits per heavy atom. The summed E-state index contributed by atoms with van der Waals surface area (Å²) in [4.78, 5) is 19.6. The zero-order valence-corrected chi connectivity index (χ0v) is 9.14. The fourth-order valence-electron chi connectivity index (χ4n) is 1.41. The van der Waals surface area contributed by atoms with Crippen molar-refractivity contribution in [1.82, 2.24) is 9.97 Å². The Labute approximate surface area is 97.5 Å². The smallest absolute Gasteiger partial charge is 0.258 e. The first-order valence-electron chi connectivity index (χ1n) is 5.01. The molecule has 0 spiro atoms. The molecule has 0 bridgehead atoms. The number of benzene rings is 1. The minimum absolute atomic E-state index is 0.223. The largest absolute Gasteiger partial charge is 0.290 e. The first-order valence-corrected chi connectivity index (χ1v) is 5.01. The molecule has 17 heavy (non-hydrogen) atoms. The Kier molecular flexibility index (Phi) is 3.09. The molecular weight excluding hydrogens is 221 g/mol. The van der Waals surface area contributed by atoms with E-state index in [2.05, 4.69) is 15.3 Å². The second-order valence-corrected chi connectivity index (χ2v) is 3.49. The molecule has 5 heteroatoms. The van der Waals surface area contributed by atoms with Gasteiger partial charge in [0.2, 0.25) is 5.95 Å². The van der Waals surface area contributed by atoms with Gasteiger partial charge in [0.15, 0.2) is 0 Å². The highest BCUT2D eigenvalue weighted by Gasteiger charge is 2.10. The predicted molar refractivity (Wildman–Crippen MR) is 61.1 cm³/mol. The summed E-state index contributed by atoms with van der Waals surface area (Å²) in [6.07, 6.45) is 3.06. The van der Waals surface area contributed by atoms with Crippen molar-refractivity contribution in [3.8, 4) is 0 Å². The van der Waals surface area contributed by atoms with E-state index in [1.165, 1.54) is 30.6 Å². The van der Waals surface area contributed by atoms with E-state index in [1.807, 2.05) is 0 Å². The summed E-state index contributed by atoms with van der Waals surface area (Å²) in [5.74, 6) is -0.495. The highest BCUT2D eigenvalue weighted by atomic mass is 19.1. The van der Waals surface area contributed by atoms with Crippen LogP contribution in [-0.4, -0.2) is 15.9 Å². The van der Waals surface area contributed by atoms with Gasteiger partial charge < -0.3 is 0 Å². The van der Waals surface area contributed by atoms with Gasteiger partial charge in [-0.15, -0.1) is 0 Å². The van der Waals surface area contributed by atoms with Crippen LogP contribution in [0.5, 0.6) is 0 Å². The molecule has 4 nitrogen and oxygen atoms in total. The number of carbonyl (C=O) groups is 1. The Morgan fingerprint density at radius 2 is 2.00 bits per heavy atom. The molecule has 0 fully saturated rings. The van der Waals surface area contributed by atoms with E-state index in [-0.39, 0.29) is 17.7 Å². The van der Waals surface area contributed by atoms with Crippen LogP contribution in [0.1, 0.15) is 15.9 Å². The summed E-state index contributed by atoms with van der Waals surface area (Å²) in [6, 6.07) is 5.64. The highest BCUT2D eigenvalue weighted by molar-refractivity contribution is 6.04. The number of halogens is 1. The molecule has 0 atom stereocenters. The molecular formula is C12H10FN3O. The van der Waals surface area contributed by atoms with Crippen LogP contribution in [0.25, 0.3) is 0 Å². The van der Waals surface area contributed by atoms with Crippen LogP contribution in [0.3, 0.4) is 0 Å². The van der Waals surface area contributed by atoms with Crippen molar-refractivity contribution in [2.75, 3.05) is 5.32 Å². The zero-order chi connectivity index (χ0) is 12.3. The Morgan fingerprint density at radius 1 is 1.29 bits per heavy atom. The molecule has 0 saturated heterocycles. The van der Waals surface area contributed by atoms with E-state index < -0.39 is 0 Å². The lowest BCUT2D eigenvalue weighted by atomic mass is 10.1. The van der Waals surface area contributed by atoms with Gasteiger partial charge >= 0.3 is 0 Å². The lowest BCUT2D eigenvalue weighted by molar-refractivity contribution is 0.102. The molecule has 0 radical (unpaired) electrons. The van der Waals surface area contributed by atoms with Crippen molar-refractivity contribution in [3.63, 3.8) is 0 Å². The zero-order valence-electron chi connectivity index (χ0n) is 9.14. The van der Waals surface area contributed by atoms with Gasteiger partial charge in [-0.3, -0.25) is 10.1 Å². The Hall–Kier alpha value is -2.30. The van der Waals surface area contributed by atoms with Gasteiger partial charge in [-0.2, -0.15) is 0 Å². The number of aryl methyl sites for hydroxylation is 1. The van der Waals surface area contributed by atoms with Gasteiger partial charge in [0, 0.05) is 18.0 Å². The van der Waals surface area contributed by atoms with Crippen molar-refractivity contribution in [3.05, 3.63) is 53.6 Å². The fraction of sp³-hybridized carbons (Fsp3) is 0.0833. The first-order chi connectivity index (χ1) is 8.16. The predicted octanol–water partition coefficient (Wildman–Crippen LogP) is 2.18. The number of amides is 1. The van der Waals surface area contributed by atoms with E-state index in [4.69, 9.17) is 0 Å². The van der Waals surface area contributed by atoms with Crippen LogP contribution in [0.2, 0.25) is 0 Å². The monoisotopic (exact) mass is 231 g/mol. The maximum atomic E-state index is 12.9. The molecule has 0 aliphatic carbocycles. The van der Waals surface area contributed by atoms with E-state index in [9.17, 15) is 9.18 Å². The van der Waals surface area contributed by atoms with Crippen LogP contribution in [0.15, 0.2) is 36.7 Å². The van der Waals surface area contributed by atoms with Gasteiger partial charge in [0.1, 0.15) is 5.82 Å². The van der Waals surface area contributed by atoms with E-state index in [1.54, 1.807) is 13.0 Å². The lowest BCUT2D eigenvalue weighted by Gasteiger charge is -2.05. The number of nitrogens with one attached hydrogen (secondary N) is 1. The van der Waals surface area contributed by atoms with Gasteiger partial charge in [0.05, 0.1) is 0 Å². The van der Waals surface area contributed by atoms with E-state index in [0.717, 1.165) is 0 Å². The number of aromatic nitrogens is 2. The average molecular weight is 231 g/mol. The normalized spacial score (nSPS) is 10.0. The number of anilines is 1. The second kappa shape index (κ2) is 4.69. The van der Waals surface area contributed by atoms with Crippen molar-refractivity contribution < 1.29 is 9.18 Å². The minimum Gasteiger partial charge on any atom is -0.290 e. The summed E-state index contributed by atoms with van der Waals surface area (Å²) in [6.45, 7) is 1.67. The third-order valence-corrected chi connectivity index (χ3v) is 2.22. The van der Waals surface area contributed by atoms with Crippen LogP contribution in [0.4, 0.5) is 10.3 Å². The van der Waals surface area contributed by atoms with Crippen molar-refractivity contribution >= 4 is 11.9 Å². The van der Waals surface area contributed by atoms with Gasteiger partial charge in [0.25, 0.3) is 5.91 Å². The van der Waals surface area contributed by atoms with E-state index >= 15 is 0 Å². The Bertz CT molecular complexity index is 543. The number of hydrogen-bond acceptors (Lipinski definition) is 3. The number of hydrogen-bond donors (Lipinski definition) is 1. The fourth-order valence-corrected chi connectivity index (χ4v) is 1.41. The number of carbonyl (C=O) groups excluding carboxylic acids is 1. The topological polar surface area (TPSA) is 54.9 Å². The van der Waals surface area contributed by atoms with E-state index in [0.29, 0.717) is 11.1 Å². The van der Waals surface area contributed by atoms with Crippen molar-refractivity contribution in [2.24, 2.45) is 0 Å². The molecule has 1 amide bonds. The van der Waals surface area contributed by atoms with Crippen molar-refractivity contribution in [1.29, 1.82) is 0 Å². The molecule has 1 aromatic heterocycles. The molecule has 86 valence electrons. The molecule has 1 aromatic carbocycles. The number of rotatable bonds is 2. The van der Waals surface area contributed by atoms with Crippen molar-refractivity contribution in [2.45, 2.75) is 6.92 Å². The Balaban J connectivity index is 2.21. The molecule has 0 aliphatic rings. The first kappa shape index (κ1) is 11.2. The summed E-state index contributed by atoms with van der Waals surface area (Å²) < 4.78 is 12.9. The van der Waals surface area contributed by atoms with Gasteiger partial charge in [-0.25, -0.2) is 14.4 Å². The van der Waals surface area contributed by atoms with Crippen LogP contribution in [0, 0.1) is 12.7 Å². The third kappa shape index (κ3) is 2.63. The summed E-state index contributed by atoms with van der Waals surface area (Å²) in [5, 5.41) is 2.53. The maximum absolute atomic E-state index is 12.9. The SMILES string of the molecule is Cc1cc(F)ccc1C(=O)Nc1ncccn1. The molecule has 2 aromatic rings. The molecule has 2 rings (SSSR count). The third-order valence-electron chi connectivity index (χ3n) is 2.22. The number of nitrogens with zero attached hydrogens (tertiary/aromatic N) is 2. The molecule has 0 unspecified atom stereocenters. The van der Waals surface area contributed by atoms with Crippen LogP contribution < -0.4 is 5.32 Å². The summed E-state index contributed by atoms with van der Waals surface area (Å²) in [5.41, 5.74) is 0.970. The summed E-state index contributed by atoms with van der Waals surface area (Å²) >= 11 is 0. The van der Waals surface area contributed by atoms with Gasteiger partial charge in [-0.05, 0) is 36.8 Å². The van der Waals surface area contributed by atoms with Crippen LogP contribution >= 0.6 is 0 Å². The standard InChI is InChI=1S/C12H10FN3O/c1-8-7-9(13)3-4-10(8)11(17)16-12-14-5-2-6-15-12/h2-7H,1H3,(H,14,15,16,17). The molecule has 1 N–H and O–H groups in total. The highest BCUT2D eigenvalue weighted by Crippen LogP contribution is 2.11. The maximum Gasteiger partial charge on any atom is 0.258 e. The lowest BCUT2D eigenvalue weighted by Crippen LogP contribution is -2.15. The van der Waals surface area contributed by atoms with Crippen LogP contribution in [-0.2, 0) is 0 Å². The average Bonchev–Trinajstić information content (AvgIpc) is 2.30. The molecule has 0 aliphatic heterocycles. The summed E-state index contributed by atoms with van der Waals surface area (Å²) in [7, 11) is 0.